The number of rotatable bonds is 36. The zero-order valence-electron chi connectivity index (χ0n) is 31.4. The van der Waals surface area contributed by atoms with Gasteiger partial charge in [0.15, 0.2) is 5.78 Å². The summed E-state index contributed by atoms with van der Waals surface area (Å²) in [6.07, 6.45) is 34.3. The van der Waals surface area contributed by atoms with E-state index in [2.05, 4.69) is 26.0 Å². The first-order valence-electron chi connectivity index (χ1n) is 20.1. The van der Waals surface area contributed by atoms with E-state index in [1.807, 2.05) is 0 Å². The molecule has 48 heavy (non-hydrogen) atoms. The second-order valence-electron chi connectivity index (χ2n) is 13.8. The van der Waals surface area contributed by atoms with Crippen molar-refractivity contribution in [3.8, 4) is 0 Å². The molecular formula is C41H74O7. The van der Waals surface area contributed by atoms with E-state index in [9.17, 15) is 24.3 Å². The second kappa shape index (κ2) is 34.7. The van der Waals surface area contributed by atoms with E-state index in [4.69, 9.17) is 9.47 Å². The molecule has 0 radical (unpaired) electrons. The zero-order valence-corrected chi connectivity index (χ0v) is 31.4. The first-order valence-corrected chi connectivity index (χ1v) is 20.1. The summed E-state index contributed by atoms with van der Waals surface area (Å²) in [7, 11) is 0. The lowest BCUT2D eigenvalue weighted by Crippen LogP contribution is -2.45. The van der Waals surface area contributed by atoms with Crippen LogP contribution in [0, 0.1) is 0 Å². The van der Waals surface area contributed by atoms with E-state index in [0.717, 1.165) is 64.7 Å². The second-order valence-corrected chi connectivity index (χ2v) is 13.8. The van der Waals surface area contributed by atoms with Gasteiger partial charge in [-0.25, -0.2) is 4.79 Å². The molecule has 0 saturated carbocycles. The molecule has 280 valence electrons. The molecule has 0 bridgehead atoms. The predicted octanol–water partition coefficient (Wildman–Crippen LogP) is 11.8. The number of carboxylic acids is 1. The van der Waals surface area contributed by atoms with Crippen LogP contribution < -0.4 is 0 Å². The first-order chi connectivity index (χ1) is 23.3. The topological polar surface area (TPSA) is 107 Å². The number of esters is 2. The van der Waals surface area contributed by atoms with Crippen molar-refractivity contribution in [2.45, 2.75) is 226 Å². The molecule has 2 unspecified atom stereocenters. The molecule has 0 aromatic heterocycles. The number of ketones is 1. The quantitative estimate of drug-likeness (QED) is 0.0399. The molecule has 7 heteroatoms. The van der Waals surface area contributed by atoms with E-state index in [0.29, 0.717) is 12.8 Å². The van der Waals surface area contributed by atoms with Crippen LogP contribution in [0.15, 0.2) is 12.2 Å². The lowest BCUT2D eigenvalue weighted by Gasteiger charge is -2.22. The van der Waals surface area contributed by atoms with Crippen molar-refractivity contribution in [2.24, 2.45) is 0 Å². The SMILES string of the molecule is CCCCCCCC/C=C\CCCCCCCC(=O)OC(C(=O)O)C(OC(=O)CCCCCCCCCCCCCCCCC)C(C)=O. The van der Waals surface area contributed by atoms with Gasteiger partial charge in [-0.2, -0.15) is 0 Å². The van der Waals surface area contributed by atoms with E-state index in [1.165, 1.54) is 109 Å². The van der Waals surface area contributed by atoms with Crippen molar-refractivity contribution >= 4 is 23.7 Å². The molecule has 0 saturated heterocycles. The molecule has 0 amide bonds. The summed E-state index contributed by atoms with van der Waals surface area (Å²) < 4.78 is 10.4. The number of carbonyl (C=O) groups is 4. The van der Waals surface area contributed by atoms with Gasteiger partial charge in [0.25, 0.3) is 0 Å². The van der Waals surface area contributed by atoms with Crippen molar-refractivity contribution in [3.05, 3.63) is 12.2 Å². The third kappa shape index (κ3) is 29.9. The molecule has 0 heterocycles. The Labute approximate surface area is 294 Å². The Morgan fingerprint density at radius 3 is 1.06 bits per heavy atom. The molecule has 0 aromatic carbocycles. The predicted molar refractivity (Wildman–Crippen MR) is 197 cm³/mol. The largest absolute Gasteiger partial charge is 0.478 e. The summed E-state index contributed by atoms with van der Waals surface area (Å²) in [5.74, 6) is -3.47. The Morgan fingerprint density at radius 1 is 0.458 bits per heavy atom. The van der Waals surface area contributed by atoms with Crippen LogP contribution in [-0.2, 0) is 28.7 Å². The Morgan fingerprint density at radius 2 is 0.750 bits per heavy atom. The molecular weight excluding hydrogens is 604 g/mol. The standard InChI is InChI=1S/C41H74O7/c1-4-6-8-10-12-14-16-18-20-22-24-26-28-30-32-34-37(43)47-39(36(3)42)40(41(45)46)48-38(44)35-33-31-29-27-25-23-21-19-17-15-13-11-9-7-5-2/h19,21,39-40H,4-18,20,22-35H2,1-3H3,(H,45,46)/b21-19-. The average molecular weight is 679 g/mol. The van der Waals surface area contributed by atoms with Crippen LogP contribution in [0.2, 0.25) is 0 Å². The fourth-order valence-electron chi connectivity index (χ4n) is 5.98. The molecule has 0 spiro atoms. The monoisotopic (exact) mass is 679 g/mol. The molecule has 0 aliphatic heterocycles. The van der Waals surface area contributed by atoms with Crippen molar-refractivity contribution in [3.63, 3.8) is 0 Å². The normalized spacial score (nSPS) is 12.6. The molecule has 1 N–H and O–H groups in total. The van der Waals surface area contributed by atoms with E-state index in [1.54, 1.807) is 0 Å². The van der Waals surface area contributed by atoms with Crippen LogP contribution in [0.5, 0.6) is 0 Å². The zero-order chi connectivity index (χ0) is 35.5. The van der Waals surface area contributed by atoms with Gasteiger partial charge in [0, 0.05) is 12.8 Å². The Hall–Kier alpha value is -2.18. The first kappa shape index (κ1) is 45.8. The maximum Gasteiger partial charge on any atom is 0.349 e. The van der Waals surface area contributed by atoms with Gasteiger partial charge in [0.05, 0.1) is 0 Å². The Bertz CT molecular complexity index is 822. The smallest absolute Gasteiger partial charge is 0.349 e. The Balaban J connectivity index is 4.04. The van der Waals surface area contributed by atoms with Crippen molar-refractivity contribution < 1.29 is 33.8 Å². The van der Waals surface area contributed by atoms with Gasteiger partial charge in [0.1, 0.15) is 0 Å². The van der Waals surface area contributed by atoms with Gasteiger partial charge in [-0.05, 0) is 45.4 Å². The van der Waals surface area contributed by atoms with E-state index < -0.39 is 35.9 Å². The molecule has 0 aliphatic carbocycles. The van der Waals surface area contributed by atoms with Crippen LogP contribution in [0.1, 0.15) is 213 Å². The average Bonchev–Trinajstić information content (AvgIpc) is 3.06. The molecule has 0 aromatic rings. The van der Waals surface area contributed by atoms with Gasteiger partial charge in [-0.15, -0.1) is 0 Å². The minimum absolute atomic E-state index is 0.0691. The van der Waals surface area contributed by atoms with Crippen molar-refractivity contribution in [1.29, 1.82) is 0 Å². The summed E-state index contributed by atoms with van der Waals surface area (Å²) >= 11 is 0. The summed E-state index contributed by atoms with van der Waals surface area (Å²) in [6.45, 7) is 5.64. The lowest BCUT2D eigenvalue weighted by molar-refractivity contribution is -0.181. The van der Waals surface area contributed by atoms with Crippen molar-refractivity contribution in [2.75, 3.05) is 0 Å². The number of aliphatic carboxylic acids is 1. The number of ether oxygens (including phenoxy) is 2. The number of carboxylic acid groups (broad SMARTS) is 1. The Kier molecular flexibility index (Phi) is 33.1. The number of hydrogen-bond donors (Lipinski definition) is 1. The molecule has 0 aliphatic rings. The molecule has 0 rings (SSSR count). The number of unbranched alkanes of at least 4 members (excludes halogenated alkanes) is 25. The third-order valence-corrected chi connectivity index (χ3v) is 9.06. The number of allylic oxidation sites excluding steroid dienone is 2. The third-order valence-electron chi connectivity index (χ3n) is 9.06. The number of hydrogen-bond acceptors (Lipinski definition) is 6. The minimum Gasteiger partial charge on any atom is -0.478 e. The van der Waals surface area contributed by atoms with E-state index in [-0.39, 0.29) is 12.8 Å². The minimum atomic E-state index is -1.83. The number of carbonyl (C=O) groups excluding carboxylic acids is 3. The summed E-state index contributed by atoms with van der Waals surface area (Å²) in [4.78, 5) is 48.9. The van der Waals surface area contributed by atoms with Gasteiger partial charge < -0.3 is 14.6 Å². The molecule has 7 nitrogen and oxygen atoms in total. The summed E-state index contributed by atoms with van der Waals surface area (Å²) in [5, 5.41) is 9.65. The van der Waals surface area contributed by atoms with Crippen LogP contribution in [0.4, 0.5) is 0 Å². The van der Waals surface area contributed by atoms with Gasteiger partial charge in [0.2, 0.25) is 12.2 Å². The fraction of sp³-hybridized carbons (Fsp3) is 0.854. The highest BCUT2D eigenvalue weighted by Gasteiger charge is 2.38. The highest BCUT2D eigenvalue weighted by atomic mass is 16.6. The highest BCUT2D eigenvalue weighted by molar-refractivity contribution is 5.91. The van der Waals surface area contributed by atoms with Crippen LogP contribution in [-0.4, -0.2) is 41.0 Å². The van der Waals surface area contributed by atoms with E-state index >= 15 is 0 Å². The maximum absolute atomic E-state index is 12.4. The highest BCUT2D eigenvalue weighted by Crippen LogP contribution is 2.16. The van der Waals surface area contributed by atoms with Gasteiger partial charge in [-0.1, -0.05) is 167 Å². The number of Topliss-reactive ketones (excluding diaryl/α,β-unsaturated/α-hetero) is 1. The van der Waals surface area contributed by atoms with Gasteiger partial charge >= 0.3 is 17.9 Å². The van der Waals surface area contributed by atoms with Crippen molar-refractivity contribution in [1.82, 2.24) is 0 Å². The molecule has 2 atom stereocenters. The van der Waals surface area contributed by atoms with Crippen LogP contribution in [0.25, 0.3) is 0 Å². The van der Waals surface area contributed by atoms with Gasteiger partial charge in [-0.3, -0.25) is 14.4 Å². The van der Waals surface area contributed by atoms with Crippen LogP contribution >= 0.6 is 0 Å². The fourth-order valence-corrected chi connectivity index (χ4v) is 5.98. The summed E-state index contributed by atoms with van der Waals surface area (Å²) in [6, 6.07) is 0. The van der Waals surface area contributed by atoms with Crippen LogP contribution in [0.3, 0.4) is 0 Å². The maximum atomic E-state index is 12.4. The summed E-state index contributed by atoms with van der Waals surface area (Å²) in [5.41, 5.74) is 0. The molecule has 0 fully saturated rings. The lowest BCUT2D eigenvalue weighted by atomic mass is 10.0.